The highest BCUT2D eigenvalue weighted by Gasteiger charge is 2.26. The SMILES string of the molecule is O=C(C[C@@H](CNC(=O)[C@@H]1Cc2ccccc2CN1)c1ccc(Cl)cc1)N[C@@H](CO)C(=O)O. The summed E-state index contributed by atoms with van der Waals surface area (Å²) < 4.78 is 0. The molecular formula is C23H26ClN3O5. The summed E-state index contributed by atoms with van der Waals surface area (Å²) in [6, 6.07) is 13.1. The molecule has 5 N–H and O–H groups in total. The molecule has 8 nitrogen and oxygen atoms in total. The Morgan fingerprint density at radius 3 is 2.44 bits per heavy atom. The number of halogens is 1. The van der Waals surface area contributed by atoms with Crippen LogP contribution in [0.3, 0.4) is 0 Å². The Morgan fingerprint density at radius 1 is 1.09 bits per heavy atom. The number of nitrogens with one attached hydrogen (secondary N) is 3. The second kappa shape index (κ2) is 11.1. The largest absolute Gasteiger partial charge is 0.480 e. The van der Waals surface area contributed by atoms with Gasteiger partial charge >= 0.3 is 5.97 Å². The van der Waals surface area contributed by atoms with Gasteiger partial charge in [0, 0.05) is 30.5 Å². The Kier molecular flexibility index (Phi) is 8.21. The number of aliphatic carboxylic acids is 1. The van der Waals surface area contributed by atoms with Crippen molar-refractivity contribution in [2.45, 2.75) is 37.4 Å². The fourth-order valence-corrected chi connectivity index (χ4v) is 3.82. The number of carboxylic acids is 1. The van der Waals surface area contributed by atoms with E-state index in [1.165, 1.54) is 5.56 Å². The summed E-state index contributed by atoms with van der Waals surface area (Å²) in [5.74, 6) is -2.43. The van der Waals surface area contributed by atoms with Gasteiger partial charge in [-0.2, -0.15) is 0 Å². The number of hydrogen-bond acceptors (Lipinski definition) is 5. The first-order valence-electron chi connectivity index (χ1n) is 10.3. The van der Waals surface area contributed by atoms with Gasteiger partial charge in [-0.3, -0.25) is 9.59 Å². The summed E-state index contributed by atoms with van der Waals surface area (Å²) in [5, 5.41) is 27.2. The van der Waals surface area contributed by atoms with E-state index in [1.54, 1.807) is 24.3 Å². The molecule has 0 saturated carbocycles. The van der Waals surface area contributed by atoms with E-state index in [0.717, 1.165) is 11.1 Å². The van der Waals surface area contributed by atoms with Gasteiger partial charge in [0.25, 0.3) is 0 Å². The Labute approximate surface area is 191 Å². The van der Waals surface area contributed by atoms with E-state index >= 15 is 0 Å². The molecule has 2 amide bonds. The van der Waals surface area contributed by atoms with Crippen molar-refractivity contribution in [3.05, 3.63) is 70.2 Å². The molecule has 1 aliphatic rings. The molecule has 2 aromatic carbocycles. The van der Waals surface area contributed by atoms with Crippen molar-refractivity contribution in [1.29, 1.82) is 0 Å². The van der Waals surface area contributed by atoms with Crippen molar-refractivity contribution in [3.63, 3.8) is 0 Å². The maximum atomic E-state index is 12.8. The normalized spacial score (nSPS) is 17.0. The number of benzene rings is 2. The molecule has 9 heteroatoms. The lowest BCUT2D eigenvalue weighted by Crippen LogP contribution is -2.49. The zero-order chi connectivity index (χ0) is 23.1. The number of carbonyl (C=O) groups excluding carboxylic acids is 2. The molecule has 2 aromatic rings. The van der Waals surface area contributed by atoms with Gasteiger partial charge in [0.15, 0.2) is 0 Å². The first-order chi connectivity index (χ1) is 15.4. The lowest BCUT2D eigenvalue weighted by atomic mass is 9.93. The van der Waals surface area contributed by atoms with Crippen molar-refractivity contribution in [3.8, 4) is 0 Å². The molecule has 0 aromatic heterocycles. The standard InChI is InChI=1S/C23H26ClN3O5/c24-18-7-5-14(6-8-18)17(10-21(29)27-20(13-28)23(31)32)12-26-22(30)19-9-15-3-1-2-4-16(15)11-25-19/h1-8,17,19-20,25,28H,9-13H2,(H,26,30)(H,27,29)(H,31,32)/t17-,19-,20-/m0/s1. The van der Waals surface area contributed by atoms with E-state index in [4.69, 9.17) is 21.8 Å². The maximum absolute atomic E-state index is 12.8. The molecule has 1 heterocycles. The number of carbonyl (C=O) groups is 3. The van der Waals surface area contributed by atoms with Crippen molar-refractivity contribution in [1.82, 2.24) is 16.0 Å². The van der Waals surface area contributed by atoms with Crippen molar-refractivity contribution in [2.24, 2.45) is 0 Å². The first-order valence-corrected chi connectivity index (χ1v) is 10.7. The highest BCUT2D eigenvalue weighted by atomic mass is 35.5. The van der Waals surface area contributed by atoms with Crippen LogP contribution in [0.1, 0.15) is 29.0 Å². The monoisotopic (exact) mass is 459 g/mol. The zero-order valence-electron chi connectivity index (χ0n) is 17.4. The van der Waals surface area contributed by atoms with Crippen LogP contribution in [-0.2, 0) is 27.3 Å². The molecule has 0 saturated heterocycles. The van der Waals surface area contributed by atoms with Gasteiger partial charge in [-0.05, 0) is 35.2 Å². The molecule has 0 bridgehead atoms. The third-order valence-electron chi connectivity index (χ3n) is 5.51. The number of carboxylic acid groups (broad SMARTS) is 1. The van der Waals surface area contributed by atoms with Gasteiger partial charge in [-0.15, -0.1) is 0 Å². The molecule has 3 atom stereocenters. The average Bonchev–Trinajstić information content (AvgIpc) is 2.80. The van der Waals surface area contributed by atoms with Crippen molar-refractivity contribution >= 4 is 29.4 Å². The van der Waals surface area contributed by atoms with Gasteiger partial charge < -0.3 is 26.2 Å². The maximum Gasteiger partial charge on any atom is 0.328 e. The molecule has 0 spiro atoms. The predicted octanol–water partition coefficient (Wildman–Crippen LogP) is 1.21. The molecule has 0 unspecified atom stereocenters. The van der Waals surface area contributed by atoms with E-state index in [9.17, 15) is 14.4 Å². The number of rotatable bonds is 9. The van der Waals surface area contributed by atoms with Gasteiger partial charge in [0.1, 0.15) is 6.04 Å². The number of fused-ring (bicyclic) bond motifs is 1. The predicted molar refractivity (Wildman–Crippen MR) is 119 cm³/mol. The van der Waals surface area contributed by atoms with Crippen LogP contribution >= 0.6 is 11.6 Å². The molecule has 3 rings (SSSR count). The third kappa shape index (κ3) is 6.29. The molecule has 32 heavy (non-hydrogen) atoms. The summed E-state index contributed by atoms with van der Waals surface area (Å²) in [6.45, 7) is 0.0812. The molecule has 170 valence electrons. The Hall–Kier alpha value is -2.94. The highest BCUT2D eigenvalue weighted by molar-refractivity contribution is 6.30. The summed E-state index contributed by atoms with van der Waals surface area (Å²) in [5.41, 5.74) is 3.08. The second-order valence-electron chi connectivity index (χ2n) is 7.74. The minimum Gasteiger partial charge on any atom is -0.480 e. The Balaban J connectivity index is 1.65. The molecule has 1 aliphatic heterocycles. The fraction of sp³-hybridized carbons (Fsp3) is 0.348. The van der Waals surface area contributed by atoms with E-state index in [1.807, 2.05) is 24.3 Å². The zero-order valence-corrected chi connectivity index (χ0v) is 18.1. The van der Waals surface area contributed by atoms with Crippen LogP contribution in [0.15, 0.2) is 48.5 Å². The lowest BCUT2D eigenvalue weighted by Gasteiger charge is -2.26. The molecule has 0 aliphatic carbocycles. The minimum absolute atomic E-state index is 0.0629. The third-order valence-corrected chi connectivity index (χ3v) is 5.76. The number of aliphatic hydroxyl groups excluding tert-OH is 1. The van der Waals surface area contributed by atoms with Crippen LogP contribution in [0, 0.1) is 0 Å². The van der Waals surface area contributed by atoms with E-state index < -0.39 is 30.4 Å². The Bertz CT molecular complexity index is 966. The summed E-state index contributed by atoms with van der Waals surface area (Å²) in [4.78, 5) is 36.3. The average molecular weight is 460 g/mol. The van der Waals surface area contributed by atoms with E-state index in [0.29, 0.717) is 18.0 Å². The summed E-state index contributed by atoms with van der Waals surface area (Å²) in [6.07, 6.45) is 0.511. The fourth-order valence-electron chi connectivity index (χ4n) is 3.69. The van der Waals surface area contributed by atoms with E-state index in [-0.39, 0.29) is 24.9 Å². The lowest BCUT2D eigenvalue weighted by molar-refractivity contribution is -0.143. The molecule has 0 fully saturated rings. The van der Waals surface area contributed by atoms with Crippen LogP contribution in [0.4, 0.5) is 0 Å². The van der Waals surface area contributed by atoms with Crippen LogP contribution in [0.25, 0.3) is 0 Å². The molecule has 0 radical (unpaired) electrons. The Morgan fingerprint density at radius 2 is 1.78 bits per heavy atom. The van der Waals surface area contributed by atoms with Gasteiger partial charge in [-0.25, -0.2) is 4.79 Å². The van der Waals surface area contributed by atoms with Crippen molar-refractivity contribution in [2.75, 3.05) is 13.2 Å². The van der Waals surface area contributed by atoms with Crippen LogP contribution in [-0.4, -0.2) is 53.2 Å². The molecular weight excluding hydrogens is 434 g/mol. The van der Waals surface area contributed by atoms with Gasteiger partial charge in [0.05, 0.1) is 12.6 Å². The second-order valence-corrected chi connectivity index (χ2v) is 8.18. The van der Waals surface area contributed by atoms with Crippen LogP contribution in [0.2, 0.25) is 5.02 Å². The topological polar surface area (TPSA) is 128 Å². The number of amides is 2. The van der Waals surface area contributed by atoms with Crippen molar-refractivity contribution < 1.29 is 24.6 Å². The van der Waals surface area contributed by atoms with Crippen LogP contribution in [0.5, 0.6) is 0 Å². The quantitative estimate of drug-likeness (QED) is 0.383. The van der Waals surface area contributed by atoms with Gasteiger partial charge in [-0.1, -0.05) is 48.0 Å². The minimum atomic E-state index is -1.38. The highest BCUT2D eigenvalue weighted by Crippen LogP contribution is 2.22. The van der Waals surface area contributed by atoms with Crippen LogP contribution < -0.4 is 16.0 Å². The van der Waals surface area contributed by atoms with Gasteiger partial charge in [0.2, 0.25) is 11.8 Å². The number of aliphatic hydroxyl groups is 1. The van der Waals surface area contributed by atoms with E-state index in [2.05, 4.69) is 16.0 Å². The smallest absolute Gasteiger partial charge is 0.328 e. The number of hydrogen-bond donors (Lipinski definition) is 5. The first kappa shape index (κ1) is 23.7. The summed E-state index contributed by atoms with van der Waals surface area (Å²) in [7, 11) is 0. The summed E-state index contributed by atoms with van der Waals surface area (Å²) >= 11 is 5.96.